The molecule has 1 fully saturated rings. The van der Waals surface area contributed by atoms with E-state index in [4.69, 9.17) is 13.9 Å². The van der Waals surface area contributed by atoms with Crippen LogP contribution in [0.15, 0.2) is 65.3 Å². The minimum absolute atomic E-state index is 0.219. The maximum absolute atomic E-state index is 13.3. The molecule has 10 heteroatoms. The molecule has 4 rings (SSSR count). The van der Waals surface area contributed by atoms with Crippen molar-refractivity contribution >= 4 is 17.5 Å². The van der Waals surface area contributed by atoms with Crippen molar-refractivity contribution in [1.29, 1.82) is 0 Å². The molecule has 0 spiro atoms. The molecular formula is C28H33FN4O5. The Kier molecular flexibility index (Phi) is 9.21. The number of piperazine rings is 1. The average Bonchev–Trinajstić information content (AvgIpc) is 3.48. The molecule has 3 aromatic rings. The second-order valence-electron chi connectivity index (χ2n) is 8.94. The zero-order valence-electron chi connectivity index (χ0n) is 21.6. The molecule has 2 heterocycles. The van der Waals surface area contributed by atoms with Gasteiger partial charge in [-0.2, -0.15) is 0 Å². The van der Waals surface area contributed by atoms with E-state index < -0.39 is 11.8 Å². The van der Waals surface area contributed by atoms with Gasteiger partial charge in [-0.3, -0.25) is 14.5 Å². The number of anilines is 1. The van der Waals surface area contributed by atoms with Gasteiger partial charge in [-0.25, -0.2) is 4.39 Å². The number of amides is 2. The third-order valence-corrected chi connectivity index (χ3v) is 6.63. The molecule has 1 atom stereocenters. The van der Waals surface area contributed by atoms with Crippen molar-refractivity contribution in [2.24, 2.45) is 0 Å². The summed E-state index contributed by atoms with van der Waals surface area (Å²) in [5.41, 5.74) is 1.92. The lowest BCUT2D eigenvalue weighted by molar-refractivity contribution is -0.139. The van der Waals surface area contributed by atoms with E-state index in [1.165, 1.54) is 12.1 Å². The number of hydrogen-bond donors (Lipinski definition) is 2. The maximum Gasteiger partial charge on any atom is 0.309 e. The van der Waals surface area contributed by atoms with E-state index in [0.717, 1.165) is 43.2 Å². The molecule has 2 aromatic carbocycles. The molecule has 0 bridgehead atoms. The van der Waals surface area contributed by atoms with Crippen molar-refractivity contribution in [2.45, 2.75) is 12.5 Å². The van der Waals surface area contributed by atoms with Crippen LogP contribution in [0.25, 0.3) is 0 Å². The van der Waals surface area contributed by atoms with Gasteiger partial charge >= 0.3 is 11.8 Å². The Balaban J connectivity index is 1.27. The minimum Gasteiger partial charge on any atom is -0.493 e. The summed E-state index contributed by atoms with van der Waals surface area (Å²) in [5.74, 6) is 0.309. The molecular weight excluding hydrogens is 491 g/mol. The van der Waals surface area contributed by atoms with Gasteiger partial charge in [0.25, 0.3) is 0 Å². The fourth-order valence-electron chi connectivity index (χ4n) is 4.54. The second kappa shape index (κ2) is 13.0. The van der Waals surface area contributed by atoms with Gasteiger partial charge < -0.3 is 29.4 Å². The molecule has 0 radical (unpaired) electrons. The summed E-state index contributed by atoms with van der Waals surface area (Å²) in [4.78, 5) is 29.4. The SMILES string of the molecule is COc1ccc(CCNC(=O)C(=O)NC[C@H](c2ccco2)N2CCN(c3ccc(F)cc3)CC2)cc1OC. The molecule has 1 aliphatic heterocycles. The van der Waals surface area contributed by atoms with Crippen molar-refractivity contribution < 1.29 is 27.9 Å². The largest absolute Gasteiger partial charge is 0.493 e. The number of methoxy groups -OCH3 is 2. The molecule has 2 amide bonds. The van der Waals surface area contributed by atoms with E-state index in [1.807, 2.05) is 18.2 Å². The third-order valence-electron chi connectivity index (χ3n) is 6.63. The van der Waals surface area contributed by atoms with Gasteiger partial charge in [0.1, 0.15) is 11.6 Å². The number of benzene rings is 2. The summed E-state index contributed by atoms with van der Waals surface area (Å²) in [6, 6.07) is 15.5. The molecule has 1 saturated heterocycles. The third kappa shape index (κ3) is 6.83. The molecule has 2 N–H and O–H groups in total. The van der Waals surface area contributed by atoms with Crippen molar-refractivity contribution in [2.75, 3.05) is 58.4 Å². The van der Waals surface area contributed by atoms with Gasteiger partial charge in [-0.15, -0.1) is 0 Å². The van der Waals surface area contributed by atoms with Crippen LogP contribution in [0.4, 0.5) is 10.1 Å². The van der Waals surface area contributed by atoms with Crippen LogP contribution in [0, 0.1) is 5.82 Å². The number of rotatable bonds is 10. The van der Waals surface area contributed by atoms with Gasteiger partial charge in [-0.1, -0.05) is 6.07 Å². The van der Waals surface area contributed by atoms with Gasteiger partial charge in [-0.05, 0) is 60.5 Å². The Labute approximate surface area is 221 Å². The van der Waals surface area contributed by atoms with Crippen molar-refractivity contribution in [1.82, 2.24) is 15.5 Å². The average molecular weight is 525 g/mol. The second-order valence-corrected chi connectivity index (χ2v) is 8.94. The number of hydrogen-bond acceptors (Lipinski definition) is 7. The number of carbonyl (C=O) groups excluding carboxylic acids is 2. The molecule has 0 saturated carbocycles. The van der Waals surface area contributed by atoms with Crippen LogP contribution in [-0.4, -0.2) is 70.2 Å². The summed E-state index contributed by atoms with van der Waals surface area (Å²) < 4.78 is 29.5. The van der Waals surface area contributed by atoms with E-state index in [-0.39, 0.29) is 18.4 Å². The predicted molar refractivity (Wildman–Crippen MR) is 141 cm³/mol. The van der Waals surface area contributed by atoms with Gasteiger partial charge in [0.15, 0.2) is 11.5 Å². The number of ether oxygens (including phenoxy) is 2. The first kappa shape index (κ1) is 27.0. The predicted octanol–water partition coefficient (Wildman–Crippen LogP) is 2.77. The van der Waals surface area contributed by atoms with Crippen molar-refractivity contribution in [3.63, 3.8) is 0 Å². The van der Waals surface area contributed by atoms with Gasteiger partial charge in [0, 0.05) is 45.0 Å². The van der Waals surface area contributed by atoms with E-state index in [9.17, 15) is 14.0 Å². The minimum atomic E-state index is -0.696. The van der Waals surface area contributed by atoms with Crippen LogP contribution in [-0.2, 0) is 16.0 Å². The maximum atomic E-state index is 13.3. The highest BCUT2D eigenvalue weighted by Crippen LogP contribution is 2.28. The highest BCUT2D eigenvalue weighted by molar-refractivity contribution is 6.35. The Hall–Kier alpha value is -4.05. The summed E-state index contributed by atoms with van der Waals surface area (Å²) in [6.45, 7) is 3.45. The quantitative estimate of drug-likeness (QED) is 0.394. The number of carbonyl (C=O) groups is 2. The standard InChI is InChI=1S/C28H33FN4O5/c1-36-25-10-5-20(18-26(25)37-2)11-12-30-27(34)28(35)31-19-23(24-4-3-17-38-24)33-15-13-32(14-16-33)22-8-6-21(29)7-9-22/h3-10,17-18,23H,11-16,19H2,1-2H3,(H,30,34)(H,31,35)/t23-/m1/s1. The van der Waals surface area contributed by atoms with Crippen LogP contribution in [0.5, 0.6) is 11.5 Å². The number of halogens is 1. The summed E-state index contributed by atoms with van der Waals surface area (Å²) in [6.07, 6.45) is 2.13. The van der Waals surface area contributed by atoms with E-state index in [2.05, 4.69) is 20.4 Å². The van der Waals surface area contributed by atoms with Crippen molar-refractivity contribution in [3.8, 4) is 11.5 Å². The first-order valence-corrected chi connectivity index (χ1v) is 12.5. The first-order chi connectivity index (χ1) is 18.5. The van der Waals surface area contributed by atoms with Crippen LogP contribution in [0.1, 0.15) is 17.4 Å². The van der Waals surface area contributed by atoms with E-state index >= 15 is 0 Å². The molecule has 1 aliphatic rings. The Morgan fingerprint density at radius 3 is 2.32 bits per heavy atom. The monoisotopic (exact) mass is 524 g/mol. The Morgan fingerprint density at radius 2 is 1.66 bits per heavy atom. The van der Waals surface area contributed by atoms with Crippen LogP contribution >= 0.6 is 0 Å². The van der Waals surface area contributed by atoms with E-state index in [1.54, 1.807) is 44.7 Å². The molecule has 0 aliphatic carbocycles. The zero-order valence-corrected chi connectivity index (χ0v) is 21.6. The smallest absolute Gasteiger partial charge is 0.309 e. The lowest BCUT2D eigenvalue weighted by Crippen LogP contribution is -2.50. The first-order valence-electron chi connectivity index (χ1n) is 12.5. The molecule has 38 heavy (non-hydrogen) atoms. The van der Waals surface area contributed by atoms with Gasteiger partial charge in [0.2, 0.25) is 0 Å². The number of nitrogens with zero attached hydrogens (tertiary/aromatic N) is 2. The summed E-state index contributed by atoms with van der Waals surface area (Å²) >= 11 is 0. The normalized spacial score (nSPS) is 14.6. The zero-order chi connectivity index (χ0) is 26.9. The fraction of sp³-hybridized carbons (Fsp3) is 0.357. The van der Waals surface area contributed by atoms with Crippen LogP contribution < -0.4 is 25.0 Å². The van der Waals surface area contributed by atoms with E-state index in [0.29, 0.717) is 24.5 Å². The topological polar surface area (TPSA) is 96.3 Å². The highest BCUT2D eigenvalue weighted by atomic mass is 19.1. The Morgan fingerprint density at radius 1 is 0.947 bits per heavy atom. The summed E-state index contributed by atoms with van der Waals surface area (Å²) in [7, 11) is 3.13. The molecule has 9 nitrogen and oxygen atoms in total. The summed E-state index contributed by atoms with van der Waals surface area (Å²) in [5, 5.41) is 5.42. The fourth-order valence-corrected chi connectivity index (χ4v) is 4.54. The Bertz CT molecular complexity index is 1190. The molecule has 1 aromatic heterocycles. The number of furan rings is 1. The van der Waals surface area contributed by atoms with Crippen LogP contribution in [0.3, 0.4) is 0 Å². The molecule has 0 unspecified atom stereocenters. The van der Waals surface area contributed by atoms with Gasteiger partial charge in [0.05, 0.1) is 26.5 Å². The number of nitrogens with one attached hydrogen (secondary N) is 2. The van der Waals surface area contributed by atoms with Crippen molar-refractivity contribution in [3.05, 3.63) is 78.0 Å². The lowest BCUT2D eigenvalue weighted by atomic mass is 10.1. The molecule has 202 valence electrons. The van der Waals surface area contributed by atoms with Crippen LogP contribution in [0.2, 0.25) is 0 Å². The highest BCUT2D eigenvalue weighted by Gasteiger charge is 2.28. The lowest BCUT2D eigenvalue weighted by Gasteiger charge is -2.39.